The standard InChI is InChI=1S/C18H28N2O4/c1-4-23-17(22)16(12(2)3)14-9-15(19-24-14)20-7-5-18(6-8-20)10-13(21)11-18/h9,12-13,16,21H,4-8,10-11H2,1-3H3. The van der Waals surface area contributed by atoms with Crippen molar-refractivity contribution in [1.82, 2.24) is 5.16 Å². The van der Waals surface area contributed by atoms with E-state index in [0.717, 1.165) is 44.6 Å². The number of aromatic nitrogens is 1. The second-order valence-electron chi connectivity index (χ2n) is 7.61. The van der Waals surface area contributed by atoms with Gasteiger partial charge in [-0.3, -0.25) is 4.79 Å². The number of anilines is 1. The van der Waals surface area contributed by atoms with Gasteiger partial charge in [-0.2, -0.15) is 0 Å². The van der Waals surface area contributed by atoms with Crippen LogP contribution in [0.25, 0.3) is 0 Å². The van der Waals surface area contributed by atoms with Crippen molar-refractivity contribution in [1.29, 1.82) is 0 Å². The summed E-state index contributed by atoms with van der Waals surface area (Å²) in [6.07, 6.45) is 3.92. The number of nitrogens with zero attached hydrogens (tertiary/aromatic N) is 2. The van der Waals surface area contributed by atoms with Gasteiger partial charge in [-0.1, -0.05) is 19.0 Å². The Kier molecular flexibility index (Phi) is 4.85. The summed E-state index contributed by atoms with van der Waals surface area (Å²) in [7, 11) is 0. The highest BCUT2D eigenvalue weighted by Crippen LogP contribution is 2.49. The largest absolute Gasteiger partial charge is 0.465 e. The van der Waals surface area contributed by atoms with E-state index in [9.17, 15) is 9.90 Å². The maximum absolute atomic E-state index is 12.2. The average molecular weight is 336 g/mol. The lowest BCUT2D eigenvalue weighted by Gasteiger charge is -2.50. The van der Waals surface area contributed by atoms with Gasteiger partial charge in [0, 0.05) is 19.2 Å². The molecular formula is C18H28N2O4. The Labute approximate surface area is 143 Å². The molecule has 1 aliphatic heterocycles. The summed E-state index contributed by atoms with van der Waals surface area (Å²) in [4.78, 5) is 14.4. The zero-order valence-electron chi connectivity index (χ0n) is 14.8. The lowest BCUT2D eigenvalue weighted by Crippen LogP contribution is -2.49. The molecule has 1 aromatic heterocycles. The van der Waals surface area contributed by atoms with Gasteiger partial charge in [-0.05, 0) is 43.9 Å². The fourth-order valence-corrected chi connectivity index (χ4v) is 4.08. The van der Waals surface area contributed by atoms with Gasteiger partial charge in [0.2, 0.25) is 0 Å². The van der Waals surface area contributed by atoms with Crippen LogP contribution in [0.3, 0.4) is 0 Å². The Bertz CT molecular complexity index is 567. The zero-order valence-corrected chi connectivity index (χ0v) is 14.8. The number of ether oxygens (including phenoxy) is 1. The number of hydrogen-bond donors (Lipinski definition) is 1. The predicted octanol–water partition coefficient (Wildman–Crippen LogP) is 2.72. The molecule has 1 saturated heterocycles. The number of hydrogen-bond acceptors (Lipinski definition) is 6. The van der Waals surface area contributed by atoms with Crippen molar-refractivity contribution in [2.45, 2.75) is 58.5 Å². The molecule has 2 aliphatic rings. The number of aliphatic hydroxyl groups excluding tert-OH is 1. The van der Waals surface area contributed by atoms with E-state index in [1.54, 1.807) is 0 Å². The molecule has 0 amide bonds. The van der Waals surface area contributed by atoms with Gasteiger partial charge >= 0.3 is 5.97 Å². The molecule has 2 heterocycles. The normalized spacial score (nSPS) is 21.8. The minimum Gasteiger partial charge on any atom is -0.465 e. The van der Waals surface area contributed by atoms with Crippen molar-refractivity contribution in [2.75, 3.05) is 24.6 Å². The Morgan fingerprint density at radius 2 is 2.12 bits per heavy atom. The highest BCUT2D eigenvalue weighted by Gasteiger charge is 2.45. The molecule has 1 aliphatic carbocycles. The topological polar surface area (TPSA) is 75.8 Å². The first kappa shape index (κ1) is 17.3. The molecule has 1 spiro atoms. The predicted molar refractivity (Wildman–Crippen MR) is 89.8 cm³/mol. The van der Waals surface area contributed by atoms with Crippen LogP contribution in [-0.2, 0) is 9.53 Å². The van der Waals surface area contributed by atoms with Gasteiger partial charge in [0.1, 0.15) is 5.92 Å². The average Bonchev–Trinajstić information content (AvgIpc) is 2.96. The molecule has 1 saturated carbocycles. The smallest absolute Gasteiger partial charge is 0.317 e. The number of esters is 1. The fraction of sp³-hybridized carbons (Fsp3) is 0.778. The van der Waals surface area contributed by atoms with Crippen LogP contribution in [-0.4, -0.2) is 42.0 Å². The van der Waals surface area contributed by atoms with Gasteiger partial charge in [0.05, 0.1) is 12.7 Å². The van der Waals surface area contributed by atoms with E-state index >= 15 is 0 Å². The molecule has 0 radical (unpaired) electrons. The maximum atomic E-state index is 12.2. The van der Waals surface area contributed by atoms with Crippen LogP contribution in [0, 0.1) is 11.3 Å². The number of carbonyl (C=O) groups is 1. The molecule has 3 rings (SSSR count). The lowest BCUT2D eigenvalue weighted by molar-refractivity contribution is -0.146. The highest BCUT2D eigenvalue weighted by atomic mass is 16.5. The summed E-state index contributed by atoms with van der Waals surface area (Å²) in [6.45, 7) is 7.98. The number of carbonyl (C=O) groups excluding carboxylic acids is 1. The van der Waals surface area contributed by atoms with Gasteiger partial charge in [-0.15, -0.1) is 0 Å². The Hall–Kier alpha value is -1.56. The molecule has 0 bridgehead atoms. The van der Waals surface area contributed by atoms with Gasteiger partial charge < -0.3 is 19.3 Å². The summed E-state index contributed by atoms with van der Waals surface area (Å²) in [5, 5.41) is 13.8. The van der Waals surface area contributed by atoms with Crippen molar-refractivity contribution < 1.29 is 19.2 Å². The van der Waals surface area contributed by atoms with E-state index in [-0.39, 0.29) is 18.0 Å². The third-order valence-corrected chi connectivity index (χ3v) is 5.52. The number of aliphatic hydroxyl groups is 1. The minimum absolute atomic E-state index is 0.0888. The van der Waals surface area contributed by atoms with Crippen LogP contribution in [0.1, 0.15) is 58.1 Å². The van der Waals surface area contributed by atoms with Gasteiger partial charge in [0.25, 0.3) is 0 Å². The van der Waals surface area contributed by atoms with Crippen molar-refractivity contribution in [2.24, 2.45) is 11.3 Å². The zero-order chi connectivity index (χ0) is 17.3. The van der Waals surface area contributed by atoms with Crippen LogP contribution in [0.15, 0.2) is 10.6 Å². The van der Waals surface area contributed by atoms with Crippen LogP contribution < -0.4 is 4.90 Å². The Morgan fingerprint density at radius 3 is 2.67 bits per heavy atom. The summed E-state index contributed by atoms with van der Waals surface area (Å²) in [5.41, 5.74) is 0.341. The molecule has 134 valence electrons. The SMILES string of the molecule is CCOC(=O)C(c1cc(N2CCC3(CC2)CC(O)C3)no1)C(C)C. The molecule has 1 aromatic rings. The van der Waals surface area contributed by atoms with Crippen LogP contribution >= 0.6 is 0 Å². The van der Waals surface area contributed by atoms with Crippen molar-refractivity contribution in [3.63, 3.8) is 0 Å². The number of piperidine rings is 1. The molecule has 6 nitrogen and oxygen atoms in total. The second kappa shape index (κ2) is 6.75. The highest BCUT2D eigenvalue weighted by molar-refractivity contribution is 5.77. The Morgan fingerprint density at radius 1 is 1.46 bits per heavy atom. The monoisotopic (exact) mass is 336 g/mol. The molecule has 1 unspecified atom stereocenters. The molecular weight excluding hydrogens is 308 g/mol. The first-order valence-corrected chi connectivity index (χ1v) is 9.00. The summed E-state index contributed by atoms with van der Waals surface area (Å²) in [5.74, 6) is 0.804. The van der Waals surface area contributed by atoms with Crippen LogP contribution in [0.5, 0.6) is 0 Å². The fourth-order valence-electron chi connectivity index (χ4n) is 4.08. The molecule has 6 heteroatoms. The maximum Gasteiger partial charge on any atom is 0.317 e. The molecule has 24 heavy (non-hydrogen) atoms. The van der Waals surface area contributed by atoms with Crippen molar-refractivity contribution in [3.8, 4) is 0 Å². The van der Waals surface area contributed by atoms with Crippen molar-refractivity contribution >= 4 is 11.8 Å². The summed E-state index contributed by atoms with van der Waals surface area (Å²) >= 11 is 0. The van der Waals surface area contributed by atoms with Crippen molar-refractivity contribution in [3.05, 3.63) is 11.8 Å². The van der Waals surface area contributed by atoms with Gasteiger partial charge in [0.15, 0.2) is 11.6 Å². The van der Waals surface area contributed by atoms with E-state index < -0.39 is 5.92 Å². The number of rotatable bonds is 5. The second-order valence-corrected chi connectivity index (χ2v) is 7.61. The van der Waals surface area contributed by atoms with E-state index in [0.29, 0.717) is 17.8 Å². The summed E-state index contributed by atoms with van der Waals surface area (Å²) < 4.78 is 10.7. The van der Waals surface area contributed by atoms with E-state index in [4.69, 9.17) is 9.26 Å². The molecule has 1 atom stereocenters. The molecule has 1 N–H and O–H groups in total. The first-order valence-electron chi connectivity index (χ1n) is 9.00. The molecule has 0 aromatic carbocycles. The van der Waals surface area contributed by atoms with E-state index in [1.807, 2.05) is 26.8 Å². The van der Waals surface area contributed by atoms with E-state index in [2.05, 4.69) is 10.1 Å². The lowest BCUT2D eigenvalue weighted by atomic mass is 9.61. The van der Waals surface area contributed by atoms with Crippen LogP contribution in [0.4, 0.5) is 5.82 Å². The van der Waals surface area contributed by atoms with E-state index in [1.165, 1.54) is 0 Å². The quantitative estimate of drug-likeness (QED) is 0.833. The molecule has 2 fully saturated rings. The third-order valence-electron chi connectivity index (χ3n) is 5.52. The van der Waals surface area contributed by atoms with Crippen LogP contribution in [0.2, 0.25) is 0 Å². The Balaban J connectivity index is 1.65. The first-order chi connectivity index (χ1) is 11.4. The minimum atomic E-state index is -0.413. The van der Waals surface area contributed by atoms with Gasteiger partial charge in [-0.25, -0.2) is 0 Å². The third kappa shape index (κ3) is 3.29. The summed E-state index contributed by atoms with van der Waals surface area (Å²) in [6, 6.07) is 1.88.